The Morgan fingerprint density at radius 3 is 2.34 bits per heavy atom. The molecule has 14 unspecified atom stereocenters. The Morgan fingerprint density at radius 2 is 1.66 bits per heavy atom. The first-order chi connectivity index (χ1) is 22.5. The predicted octanol–water partition coefficient (Wildman–Crippen LogP) is -1.97. The van der Waals surface area contributed by atoms with E-state index in [-0.39, 0.29) is 11.5 Å². The third kappa shape index (κ3) is 7.33. The highest BCUT2D eigenvalue weighted by atomic mass is 16.8. The van der Waals surface area contributed by atoms with Crippen molar-refractivity contribution in [1.82, 2.24) is 0 Å². The number of hydrogen-bond acceptors (Lipinski definition) is 16. The van der Waals surface area contributed by atoms with Crippen LogP contribution in [0.3, 0.4) is 0 Å². The molecule has 260 valence electrons. The maximum atomic E-state index is 12.5. The molecule has 16 nitrogen and oxygen atoms in total. The van der Waals surface area contributed by atoms with Crippen molar-refractivity contribution in [2.75, 3.05) is 20.3 Å². The van der Waals surface area contributed by atoms with Crippen LogP contribution in [-0.2, 0) is 33.2 Å². The zero-order valence-corrected chi connectivity index (χ0v) is 25.5. The molecule has 0 radical (unpaired) electrons. The first kappa shape index (κ1) is 35.2. The average Bonchev–Trinajstić information content (AvgIpc) is 3.43. The minimum absolute atomic E-state index is 0.121. The van der Waals surface area contributed by atoms with Crippen LogP contribution in [0, 0.1) is 11.8 Å². The molecule has 0 aromatic heterocycles. The van der Waals surface area contributed by atoms with Gasteiger partial charge in [0.05, 0.1) is 44.7 Å². The monoisotopic (exact) mass is 668 g/mol. The van der Waals surface area contributed by atoms with Gasteiger partial charge in [0.15, 0.2) is 30.2 Å². The molecule has 1 aromatic rings. The minimum atomic E-state index is -1.68. The Hall–Kier alpha value is -3.13. The topological polar surface area (TPSA) is 244 Å². The highest BCUT2D eigenvalue weighted by Crippen LogP contribution is 2.43. The van der Waals surface area contributed by atoms with Crippen LogP contribution in [0.5, 0.6) is 11.5 Å². The number of benzene rings is 1. The lowest BCUT2D eigenvalue weighted by Crippen LogP contribution is -2.60. The van der Waals surface area contributed by atoms with Gasteiger partial charge >= 0.3 is 5.97 Å². The maximum Gasteiger partial charge on any atom is 0.331 e. The summed E-state index contributed by atoms with van der Waals surface area (Å²) in [5.41, 5.74) is 0.900. The molecule has 2 fully saturated rings. The summed E-state index contributed by atoms with van der Waals surface area (Å²) < 4.78 is 39.1. The van der Waals surface area contributed by atoms with Gasteiger partial charge in [-0.25, -0.2) is 4.79 Å². The smallest absolute Gasteiger partial charge is 0.331 e. The van der Waals surface area contributed by atoms with Crippen LogP contribution in [0.15, 0.2) is 48.3 Å². The number of phenols is 1. The van der Waals surface area contributed by atoms with Crippen molar-refractivity contribution in [2.24, 2.45) is 11.8 Å². The third-order valence-electron chi connectivity index (χ3n) is 8.64. The number of esters is 1. The SMILES string of the molecule is COc1ccc(C=CC(=O)OC2C(C)OC(OC3C=C(CO)C4C(OC5OC(CO)C(O)C(O)C5O)OC=CC34)C(O)C2O)cc1O. The van der Waals surface area contributed by atoms with Crippen LogP contribution in [0.1, 0.15) is 12.5 Å². The van der Waals surface area contributed by atoms with Crippen LogP contribution < -0.4 is 4.74 Å². The third-order valence-corrected chi connectivity index (χ3v) is 8.64. The van der Waals surface area contributed by atoms with Crippen LogP contribution >= 0.6 is 0 Å². The second-order valence-electron chi connectivity index (χ2n) is 11.6. The van der Waals surface area contributed by atoms with Crippen molar-refractivity contribution in [3.63, 3.8) is 0 Å². The van der Waals surface area contributed by atoms with Crippen molar-refractivity contribution in [3.8, 4) is 11.5 Å². The molecular formula is C31H40O16. The molecule has 5 rings (SSSR count). The van der Waals surface area contributed by atoms with E-state index in [1.54, 1.807) is 18.2 Å². The van der Waals surface area contributed by atoms with Crippen molar-refractivity contribution in [1.29, 1.82) is 0 Å². The van der Waals surface area contributed by atoms with E-state index in [1.165, 1.54) is 38.5 Å². The number of phenolic OH excluding ortho intramolecular Hbond substituents is 1. The van der Waals surface area contributed by atoms with E-state index in [0.717, 1.165) is 6.08 Å². The maximum absolute atomic E-state index is 12.5. The van der Waals surface area contributed by atoms with Gasteiger partial charge in [-0.2, -0.15) is 0 Å². The Labute approximate surface area is 269 Å². The number of aliphatic hydroxyl groups excluding tert-OH is 7. The van der Waals surface area contributed by atoms with Crippen LogP contribution in [0.2, 0.25) is 0 Å². The molecule has 3 aliphatic heterocycles. The fraction of sp³-hybridized carbons (Fsp3) is 0.581. The molecule has 0 bridgehead atoms. The van der Waals surface area contributed by atoms with Gasteiger partial charge in [-0.15, -0.1) is 0 Å². The predicted molar refractivity (Wildman–Crippen MR) is 156 cm³/mol. The summed E-state index contributed by atoms with van der Waals surface area (Å²) in [6, 6.07) is 4.51. The summed E-state index contributed by atoms with van der Waals surface area (Å²) in [5.74, 6) is -1.94. The van der Waals surface area contributed by atoms with E-state index < -0.39 is 105 Å². The second-order valence-corrected chi connectivity index (χ2v) is 11.6. The molecular weight excluding hydrogens is 628 g/mol. The molecule has 3 heterocycles. The molecule has 0 saturated carbocycles. The van der Waals surface area contributed by atoms with E-state index in [2.05, 4.69) is 0 Å². The van der Waals surface area contributed by atoms with E-state index in [1.807, 2.05) is 0 Å². The lowest BCUT2D eigenvalue weighted by atomic mass is 9.88. The summed E-state index contributed by atoms with van der Waals surface area (Å²) in [7, 11) is 1.40. The van der Waals surface area contributed by atoms with Crippen molar-refractivity contribution in [2.45, 2.75) is 80.7 Å². The first-order valence-electron chi connectivity index (χ1n) is 15.0. The molecule has 0 spiro atoms. The Kier molecular flexibility index (Phi) is 11.2. The zero-order chi connectivity index (χ0) is 34.0. The van der Waals surface area contributed by atoms with E-state index in [9.17, 15) is 45.6 Å². The van der Waals surface area contributed by atoms with Gasteiger partial charge < -0.3 is 74.0 Å². The van der Waals surface area contributed by atoms with Crippen LogP contribution in [-0.4, -0.2) is 141 Å². The van der Waals surface area contributed by atoms with Crippen molar-refractivity contribution < 1.29 is 78.8 Å². The number of ether oxygens (including phenoxy) is 7. The van der Waals surface area contributed by atoms with Crippen molar-refractivity contribution >= 4 is 12.0 Å². The van der Waals surface area contributed by atoms with Gasteiger partial charge in [0.2, 0.25) is 6.29 Å². The molecule has 4 aliphatic rings. The van der Waals surface area contributed by atoms with Gasteiger partial charge in [0.25, 0.3) is 0 Å². The number of aromatic hydroxyl groups is 1. The highest BCUT2D eigenvalue weighted by molar-refractivity contribution is 5.87. The molecule has 16 heteroatoms. The Balaban J connectivity index is 1.21. The number of carbonyl (C=O) groups is 1. The fourth-order valence-electron chi connectivity index (χ4n) is 6.07. The molecule has 1 aliphatic carbocycles. The van der Waals surface area contributed by atoms with Gasteiger partial charge in [0.1, 0.15) is 36.6 Å². The summed E-state index contributed by atoms with van der Waals surface area (Å²) in [5, 5.41) is 82.0. The first-order valence-corrected chi connectivity index (χ1v) is 15.0. The number of hydrogen-bond donors (Lipinski definition) is 8. The average molecular weight is 669 g/mol. The van der Waals surface area contributed by atoms with Gasteiger partial charge in [-0.3, -0.25) is 0 Å². The zero-order valence-electron chi connectivity index (χ0n) is 25.5. The summed E-state index contributed by atoms with van der Waals surface area (Å²) >= 11 is 0. The second kappa shape index (κ2) is 15.0. The minimum Gasteiger partial charge on any atom is -0.504 e. The van der Waals surface area contributed by atoms with E-state index >= 15 is 0 Å². The van der Waals surface area contributed by atoms with Crippen LogP contribution in [0.25, 0.3) is 6.08 Å². The molecule has 2 saturated heterocycles. The standard InChI is InChI=1S/C31H40O16/c1-13-28(46-21(35)6-4-14-3-5-18(41-2)17(34)9-14)25(38)27(40)30(43-13)44-19-10-15(11-32)22-16(19)7-8-42-29(22)47-31-26(39)24(37)23(36)20(12-33)45-31/h3-10,13,16,19-20,22-34,36-40H,11-12H2,1-2H3. The van der Waals surface area contributed by atoms with E-state index in [4.69, 9.17) is 33.2 Å². The summed E-state index contributed by atoms with van der Waals surface area (Å²) in [6.45, 7) is 0.432. The number of aliphatic hydroxyl groups is 7. The summed E-state index contributed by atoms with van der Waals surface area (Å²) in [6.07, 6.45) is -9.44. The van der Waals surface area contributed by atoms with Gasteiger partial charge in [-0.05, 0) is 42.3 Å². The van der Waals surface area contributed by atoms with Gasteiger partial charge in [-0.1, -0.05) is 12.1 Å². The van der Waals surface area contributed by atoms with Gasteiger partial charge in [0, 0.05) is 12.0 Å². The normalized spacial score (nSPS) is 40.1. The lowest BCUT2D eigenvalue weighted by Gasteiger charge is -2.43. The Morgan fingerprint density at radius 1 is 0.936 bits per heavy atom. The largest absolute Gasteiger partial charge is 0.504 e. The molecule has 8 N–H and O–H groups in total. The highest BCUT2D eigenvalue weighted by Gasteiger charge is 2.52. The van der Waals surface area contributed by atoms with E-state index in [0.29, 0.717) is 11.1 Å². The number of methoxy groups -OCH3 is 1. The number of rotatable bonds is 10. The fourth-order valence-corrected chi connectivity index (χ4v) is 6.07. The molecule has 47 heavy (non-hydrogen) atoms. The van der Waals surface area contributed by atoms with Crippen LogP contribution in [0.4, 0.5) is 0 Å². The lowest BCUT2D eigenvalue weighted by molar-refractivity contribution is -0.341. The quantitative estimate of drug-likeness (QED) is 0.0766. The molecule has 0 amide bonds. The molecule has 1 aromatic carbocycles. The van der Waals surface area contributed by atoms with Crippen molar-refractivity contribution in [3.05, 3.63) is 53.8 Å². The number of carbonyl (C=O) groups excluding carboxylic acids is 1. The summed E-state index contributed by atoms with van der Waals surface area (Å²) in [4.78, 5) is 12.5. The molecule has 14 atom stereocenters. The Bertz CT molecular complexity index is 1330. The number of fused-ring (bicyclic) bond motifs is 1.